The molecule has 0 aliphatic heterocycles. The van der Waals surface area contributed by atoms with E-state index in [9.17, 15) is 5.11 Å². The van der Waals surface area contributed by atoms with Crippen LogP contribution in [-0.4, -0.2) is 15.7 Å². The van der Waals surface area contributed by atoms with Crippen molar-refractivity contribution in [3.05, 3.63) is 29.6 Å². The van der Waals surface area contributed by atoms with Crippen molar-refractivity contribution in [2.45, 2.75) is 50.0 Å². The second kappa shape index (κ2) is 3.31. The van der Waals surface area contributed by atoms with Gasteiger partial charge in [0.15, 0.2) is 0 Å². The van der Waals surface area contributed by atoms with Crippen molar-refractivity contribution in [1.29, 1.82) is 0 Å². The molecule has 1 fully saturated rings. The molecule has 3 rings (SSSR count). The fraction of sp³-hybridized carbons (Fsp3) is 0.615. The fourth-order valence-electron chi connectivity index (χ4n) is 3.27. The minimum Gasteiger partial charge on any atom is -0.389 e. The van der Waals surface area contributed by atoms with Crippen LogP contribution in [0, 0.1) is 0 Å². The third kappa shape index (κ3) is 1.39. The lowest BCUT2D eigenvalue weighted by Gasteiger charge is -2.29. The highest BCUT2D eigenvalue weighted by Gasteiger charge is 2.43. The van der Waals surface area contributed by atoms with E-state index in [1.165, 1.54) is 24.1 Å². The molecule has 2 nitrogen and oxygen atoms in total. The number of pyridine rings is 1. The van der Waals surface area contributed by atoms with E-state index in [2.05, 4.69) is 11.1 Å². The highest BCUT2D eigenvalue weighted by molar-refractivity contribution is 5.31. The first-order valence-corrected chi connectivity index (χ1v) is 5.96. The molecule has 0 bridgehead atoms. The van der Waals surface area contributed by atoms with Gasteiger partial charge in [0.05, 0.1) is 5.60 Å². The SMILES string of the molecule is OC1(C2CCc3cccnc32)CCCC1. The average molecular weight is 203 g/mol. The molecule has 2 aliphatic rings. The summed E-state index contributed by atoms with van der Waals surface area (Å²) in [5.74, 6) is 0.302. The largest absolute Gasteiger partial charge is 0.389 e. The maximum absolute atomic E-state index is 10.6. The number of aryl methyl sites for hydroxylation is 1. The minimum atomic E-state index is -0.445. The lowest BCUT2D eigenvalue weighted by molar-refractivity contribution is 0.0179. The molecule has 0 radical (unpaired) electrons. The van der Waals surface area contributed by atoms with Crippen LogP contribution in [0.1, 0.15) is 49.3 Å². The second-order valence-corrected chi connectivity index (χ2v) is 4.95. The van der Waals surface area contributed by atoms with E-state index in [4.69, 9.17) is 0 Å². The normalized spacial score (nSPS) is 27.9. The molecule has 0 spiro atoms. The zero-order valence-electron chi connectivity index (χ0n) is 8.95. The molecule has 1 aromatic rings. The molecule has 80 valence electrons. The van der Waals surface area contributed by atoms with Crippen LogP contribution in [0.25, 0.3) is 0 Å². The van der Waals surface area contributed by atoms with Crippen LogP contribution in [0.15, 0.2) is 18.3 Å². The highest BCUT2D eigenvalue weighted by Crippen LogP contribution is 2.46. The zero-order chi connectivity index (χ0) is 10.3. The molecule has 2 aliphatic carbocycles. The Kier molecular flexibility index (Phi) is 2.06. The third-order valence-corrected chi connectivity index (χ3v) is 4.08. The van der Waals surface area contributed by atoms with Gasteiger partial charge in [0, 0.05) is 17.8 Å². The lowest BCUT2D eigenvalue weighted by atomic mass is 9.84. The Morgan fingerprint density at radius 2 is 2.13 bits per heavy atom. The summed E-state index contributed by atoms with van der Waals surface area (Å²) in [5.41, 5.74) is 2.07. The monoisotopic (exact) mass is 203 g/mol. The number of fused-ring (bicyclic) bond motifs is 1. The van der Waals surface area contributed by atoms with Crippen LogP contribution in [0.4, 0.5) is 0 Å². The van der Waals surface area contributed by atoms with Crippen LogP contribution in [-0.2, 0) is 6.42 Å². The van der Waals surface area contributed by atoms with Gasteiger partial charge < -0.3 is 5.11 Å². The molecule has 1 N–H and O–H groups in total. The van der Waals surface area contributed by atoms with Gasteiger partial charge in [-0.2, -0.15) is 0 Å². The third-order valence-electron chi connectivity index (χ3n) is 4.08. The number of hydrogen-bond donors (Lipinski definition) is 1. The van der Waals surface area contributed by atoms with Crippen LogP contribution in [0.5, 0.6) is 0 Å². The standard InChI is InChI=1S/C13H17NO/c15-13(7-1-2-8-13)11-6-5-10-4-3-9-14-12(10)11/h3-4,9,11,15H,1-2,5-8H2. The summed E-state index contributed by atoms with van der Waals surface area (Å²) < 4.78 is 0. The van der Waals surface area contributed by atoms with Crippen molar-refractivity contribution < 1.29 is 5.11 Å². The zero-order valence-corrected chi connectivity index (χ0v) is 8.95. The van der Waals surface area contributed by atoms with Crippen LogP contribution >= 0.6 is 0 Å². The molecule has 15 heavy (non-hydrogen) atoms. The Morgan fingerprint density at radius 3 is 2.93 bits per heavy atom. The summed E-state index contributed by atoms with van der Waals surface area (Å²) in [6, 6.07) is 4.15. The number of aliphatic hydroxyl groups is 1. The first-order valence-electron chi connectivity index (χ1n) is 5.96. The highest BCUT2D eigenvalue weighted by atomic mass is 16.3. The van der Waals surface area contributed by atoms with E-state index >= 15 is 0 Å². The second-order valence-electron chi connectivity index (χ2n) is 4.95. The molecule has 1 heterocycles. The van der Waals surface area contributed by atoms with Crippen molar-refractivity contribution in [3.8, 4) is 0 Å². The maximum atomic E-state index is 10.6. The Balaban J connectivity index is 1.96. The maximum Gasteiger partial charge on any atom is 0.0731 e. The van der Waals surface area contributed by atoms with Crippen LogP contribution < -0.4 is 0 Å². The van der Waals surface area contributed by atoms with Crippen molar-refractivity contribution in [3.63, 3.8) is 0 Å². The number of rotatable bonds is 1. The lowest BCUT2D eigenvalue weighted by Crippen LogP contribution is -2.32. The van der Waals surface area contributed by atoms with E-state index in [-0.39, 0.29) is 0 Å². The minimum absolute atomic E-state index is 0.302. The van der Waals surface area contributed by atoms with E-state index in [0.29, 0.717) is 5.92 Å². The molecule has 1 unspecified atom stereocenters. The van der Waals surface area contributed by atoms with E-state index in [1.807, 2.05) is 12.3 Å². The summed E-state index contributed by atoms with van der Waals surface area (Å²) in [7, 11) is 0. The molecule has 0 amide bonds. The van der Waals surface area contributed by atoms with Gasteiger partial charge in [0.1, 0.15) is 0 Å². The van der Waals surface area contributed by atoms with Gasteiger partial charge in [-0.25, -0.2) is 0 Å². The van der Waals surface area contributed by atoms with E-state index in [1.54, 1.807) is 0 Å². The van der Waals surface area contributed by atoms with Crippen molar-refractivity contribution in [1.82, 2.24) is 4.98 Å². The Labute approximate surface area is 90.4 Å². The van der Waals surface area contributed by atoms with Crippen molar-refractivity contribution in [2.24, 2.45) is 0 Å². The summed E-state index contributed by atoms with van der Waals surface area (Å²) in [4.78, 5) is 4.47. The predicted molar refractivity (Wildman–Crippen MR) is 58.7 cm³/mol. The Bertz CT molecular complexity index is 369. The summed E-state index contributed by atoms with van der Waals surface area (Å²) >= 11 is 0. The van der Waals surface area contributed by atoms with Gasteiger partial charge in [0.2, 0.25) is 0 Å². The fourth-order valence-corrected chi connectivity index (χ4v) is 3.27. The van der Waals surface area contributed by atoms with Gasteiger partial charge in [-0.15, -0.1) is 0 Å². The number of nitrogens with zero attached hydrogens (tertiary/aromatic N) is 1. The topological polar surface area (TPSA) is 33.1 Å². The quantitative estimate of drug-likeness (QED) is 0.760. The Morgan fingerprint density at radius 1 is 1.33 bits per heavy atom. The Hall–Kier alpha value is -0.890. The van der Waals surface area contributed by atoms with Gasteiger partial charge >= 0.3 is 0 Å². The van der Waals surface area contributed by atoms with Crippen molar-refractivity contribution in [2.75, 3.05) is 0 Å². The summed E-state index contributed by atoms with van der Waals surface area (Å²) in [5, 5.41) is 10.6. The molecular weight excluding hydrogens is 186 g/mol. The molecule has 2 heteroatoms. The summed E-state index contributed by atoms with van der Waals surface area (Å²) in [6.07, 6.45) is 8.32. The average Bonchev–Trinajstić information content (AvgIpc) is 2.84. The molecule has 1 aromatic heterocycles. The van der Waals surface area contributed by atoms with Crippen LogP contribution in [0.3, 0.4) is 0 Å². The first kappa shape index (κ1) is 9.34. The number of hydrogen-bond acceptors (Lipinski definition) is 2. The van der Waals surface area contributed by atoms with E-state index in [0.717, 1.165) is 25.7 Å². The number of aromatic nitrogens is 1. The van der Waals surface area contributed by atoms with Gasteiger partial charge in [-0.05, 0) is 37.3 Å². The van der Waals surface area contributed by atoms with Gasteiger partial charge in [-0.1, -0.05) is 18.9 Å². The molecule has 1 atom stereocenters. The summed E-state index contributed by atoms with van der Waals surface area (Å²) in [6.45, 7) is 0. The van der Waals surface area contributed by atoms with Crippen molar-refractivity contribution >= 4 is 0 Å². The molecule has 0 aromatic carbocycles. The smallest absolute Gasteiger partial charge is 0.0731 e. The van der Waals surface area contributed by atoms with E-state index < -0.39 is 5.60 Å². The predicted octanol–water partition coefficient (Wildman–Crippen LogP) is 2.42. The van der Waals surface area contributed by atoms with Gasteiger partial charge in [-0.3, -0.25) is 4.98 Å². The first-order chi connectivity index (χ1) is 7.30. The molecular formula is C13H17NO. The molecule has 0 saturated heterocycles. The van der Waals surface area contributed by atoms with Crippen LogP contribution in [0.2, 0.25) is 0 Å². The molecule has 1 saturated carbocycles. The van der Waals surface area contributed by atoms with Gasteiger partial charge in [0.25, 0.3) is 0 Å².